The first-order valence-corrected chi connectivity index (χ1v) is 8.57. The van der Waals surface area contributed by atoms with Gasteiger partial charge in [-0.15, -0.1) is 13.2 Å². The van der Waals surface area contributed by atoms with E-state index < -0.39 is 12.1 Å². The van der Waals surface area contributed by atoms with Gasteiger partial charge >= 0.3 is 6.36 Å². The number of aliphatic hydroxyl groups excluding tert-OH is 1. The van der Waals surface area contributed by atoms with Crippen LogP contribution < -0.4 is 9.47 Å². The lowest BCUT2D eigenvalue weighted by atomic mass is 10.0. The van der Waals surface area contributed by atoms with Gasteiger partial charge in [0.1, 0.15) is 18.1 Å². The summed E-state index contributed by atoms with van der Waals surface area (Å²) in [6.45, 7) is -0.170. The van der Waals surface area contributed by atoms with E-state index in [2.05, 4.69) is 9.72 Å². The third-order valence-corrected chi connectivity index (χ3v) is 4.15. The van der Waals surface area contributed by atoms with Gasteiger partial charge in [-0.2, -0.15) is 0 Å². The number of nitrogens with one attached hydrogen (secondary N) is 1. The van der Waals surface area contributed by atoms with Crippen molar-refractivity contribution in [2.24, 2.45) is 0 Å². The molecule has 0 saturated heterocycles. The van der Waals surface area contributed by atoms with E-state index in [9.17, 15) is 18.0 Å². The predicted octanol–water partition coefficient (Wildman–Crippen LogP) is 4.52. The minimum atomic E-state index is -4.82. The number of ketones is 1. The molecule has 0 aliphatic heterocycles. The summed E-state index contributed by atoms with van der Waals surface area (Å²) in [5.41, 5.74) is 1.27. The number of carbonyl (C=O) groups excluding carboxylic acids is 1. The van der Waals surface area contributed by atoms with Crippen LogP contribution >= 0.6 is 11.6 Å². The van der Waals surface area contributed by atoms with E-state index in [4.69, 9.17) is 21.4 Å². The number of aliphatic hydroxyl groups is 1. The first-order chi connectivity index (χ1) is 13.3. The highest BCUT2D eigenvalue weighted by Gasteiger charge is 2.31. The van der Waals surface area contributed by atoms with Crippen LogP contribution in [0.1, 0.15) is 15.9 Å². The minimum absolute atomic E-state index is 0.0345. The van der Waals surface area contributed by atoms with E-state index >= 15 is 0 Å². The van der Waals surface area contributed by atoms with Crippen molar-refractivity contribution in [2.75, 3.05) is 13.2 Å². The zero-order chi connectivity index (χ0) is 20.3. The Labute approximate surface area is 162 Å². The van der Waals surface area contributed by atoms with Crippen LogP contribution in [-0.2, 0) is 6.42 Å². The van der Waals surface area contributed by atoms with E-state index in [1.165, 1.54) is 24.4 Å². The molecule has 28 heavy (non-hydrogen) atoms. The molecule has 1 aromatic heterocycles. The van der Waals surface area contributed by atoms with Gasteiger partial charge in [0, 0.05) is 39.7 Å². The molecular weight excluding hydrogens is 399 g/mol. The van der Waals surface area contributed by atoms with Gasteiger partial charge in [-0.05, 0) is 30.3 Å². The number of alkyl halides is 3. The number of halogens is 4. The van der Waals surface area contributed by atoms with Crippen LogP contribution in [0.15, 0.2) is 42.6 Å². The normalized spacial score (nSPS) is 11.6. The van der Waals surface area contributed by atoms with E-state index in [1.54, 1.807) is 12.1 Å². The maximum atomic E-state index is 12.8. The zero-order valence-electron chi connectivity index (χ0n) is 14.3. The summed E-state index contributed by atoms with van der Waals surface area (Å²) in [5, 5.41) is 9.65. The third-order valence-electron chi connectivity index (χ3n) is 3.92. The number of benzene rings is 2. The van der Waals surface area contributed by atoms with Gasteiger partial charge in [0.15, 0.2) is 5.78 Å². The Morgan fingerprint density at radius 1 is 1.18 bits per heavy atom. The fourth-order valence-electron chi connectivity index (χ4n) is 2.76. The monoisotopic (exact) mass is 413 g/mol. The highest BCUT2D eigenvalue weighted by molar-refractivity contribution is 6.30. The molecule has 5 nitrogen and oxygen atoms in total. The molecule has 148 valence electrons. The molecule has 1 heterocycles. The fraction of sp³-hybridized carbons (Fsp3) is 0.211. The molecule has 0 fully saturated rings. The first-order valence-electron chi connectivity index (χ1n) is 8.19. The van der Waals surface area contributed by atoms with Crippen molar-refractivity contribution in [1.82, 2.24) is 4.98 Å². The molecule has 0 atom stereocenters. The van der Waals surface area contributed by atoms with Crippen LogP contribution in [0, 0.1) is 0 Å². The van der Waals surface area contributed by atoms with Crippen molar-refractivity contribution in [2.45, 2.75) is 12.8 Å². The predicted molar refractivity (Wildman–Crippen MR) is 97.0 cm³/mol. The molecule has 2 N–H and O–H groups in total. The maximum Gasteiger partial charge on any atom is 0.573 e. The fourth-order valence-corrected chi connectivity index (χ4v) is 2.92. The molecule has 3 rings (SSSR count). The Bertz CT molecular complexity index is 1000. The minimum Gasteiger partial charge on any atom is -0.491 e. The molecule has 0 amide bonds. The Morgan fingerprint density at radius 3 is 2.68 bits per heavy atom. The lowest BCUT2D eigenvalue weighted by Gasteiger charge is -2.11. The number of rotatable bonds is 7. The maximum absolute atomic E-state index is 12.8. The number of H-pyrrole nitrogens is 1. The summed E-state index contributed by atoms with van der Waals surface area (Å²) in [7, 11) is 0. The number of carbonyl (C=O) groups is 1. The van der Waals surface area contributed by atoms with Crippen LogP contribution in [0.3, 0.4) is 0 Å². The van der Waals surface area contributed by atoms with Crippen molar-refractivity contribution in [3.8, 4) is 11.5 Å². The smallest absolute Gasteiger partial charge is 0.491 e. The second-order valence-corrected chi connectivity index (χ2v) is 6.32. The molecular formula is C19H15ClF3NO4. The summed E-state index contributed by atoms with van der Waals surface area (Å²) < 4.78 is 46.7. The summed E-state index contributed by atoms with van der Waals surface area (Å²) in [6.07, 6.45) is -3.44. The van der Waals surface area contributed by atoms with E-state index in [0.717, 1.165) is 6.07 Å². The number of ether oxygens (including phenoxy) is 2. The highest BCUT2D eigenvalue weighted by Crippen LogP contribution is 2.30. The summed E-state index contributed by atoms with van der Waals surface area (Å²) >= 11 is 5.94. The average molecular weight is 414 g/mol. The van der Waals surface area contributed by atoms with Gasteiger partial charge in [-0.1, -0.05) is 17.7 Å². The molecule has 0 radical (unpaired) electrons. The van der Waals surface area contributed by atoms with Crippen LogP contribution in [0.4, 0.5) is 13.2 Å². The highest BCUT2D eigenvalue weighted by atomic mass is 35.5. The number of fused-ring (bicyclic) bond motifs is 1. The lowest BCUT2D eigenvalue weighted by Crippen LogP contribution is -2.17. The quantitative estimate of drug-likeness (QED) is 0.559. The van der Waals surface area contributed by atoms with E-state index in [-0.39, 0.29) is 31.0 Å². The number of hydrogen-bond donors (Lipinski definition) is 2. The standard InChI is InChI=1S/C19H15ClF3NO4/c20-12-2-1-11(18(8-12)27-6-5-25)7-17(26)15-10-24-16-4-3-13(9-14(15)16)28-19(21,22)23/h1-4,8-10,24-25H,5-7H2. The Hall–Kier alpha value is -2.71. The van der Waals surface area contributed by atoms with Crippen molar-refractivity contribution < 1.29 is 32.5 Å². The van der Waals surface area contributed by atoms with Crippen molar-refractivity contribution >= 4 is 28.3 Å². The first kappa shape index (κ1) is 20.0. The second-order valence-electron chi connectivity index (χ2n) is 5.88. The lowest BCUT2D eigenvalue weighted by molar-refractivity contribution is -0.274. The molecule has 0 aliphatic rings. The van der Waals surface area contributed by atoms with Gasteiger partial charge in [0.2, 0.25) is 0 Å². The number of aromatic amines is 1. The Balaban J connectivity index is 1.89. The molecule has 2 aromatic carbocycles. The Morgan fingerprint density at radius 2 is 1.96 bits per heavy atom. The van der Waals surface area contributed by atoms with Gasteiger partial charge in [-0.3, -0.25) is 4.79 Å². The van der Waals surface area contributed by atoms with Crippen molar-refractivity contribution in [3.05, 3.63) is 58.7 Å². The molecule has 0 aliphatic carbocycles. The molecule has 3 aromatic rings. The average Bonchev–Trinajstić information content (AvgIpc) is 3.03. The topological polar surface area (TPSA) is 71.5 Å². The van der Waals surface area contributed by atoms with Crippen LogP contribution in [-0.4, -0.2) is 35.4 Å². The van der Waals surface area contributed by atoms with Crippen LogP contribution in [0.5, 0.6) is 11.5 Å². The zero-order valence-corrected chi connectivity index (χ0v) is 15.1. The third kappa shape index (κ3) is 4.76. The SMILES string of the molecule is O=C(Cc1ccc(Cl)cc1OCCO)c1c[nH]c2ccc(OC(F)(F)F)cc12. The summed E-state index contributed by atoms with van der Waals surface area (Å²) in [5.74, 6) is -0.380. The van der Waals surface area contributed by atoms with Crippen LogP contribution in [0.2, 0.25) is 5.02 Å². The second kappa shape index (κ2) is 8.12. The summed E-state index contributed by atoms with van der Waals surface area (Å²) in [4.78, 5) is 15.6. The van der Waals surface area contributed by atoms with E-state index in [0.29, 0.717) is 27.2 Å². The van der Waals surface area contributed by atoms with Crippen LogP contribution in [0.25, 0.3) is 10.9 Å². The number of aromatic nitrogens is 1. The molecule has 0 unspecified atom stereocenters. The van der Waals surface area contributed by atoms with Gasteiger partial charge in [-0.25, -0.2) is 0 Å². The van der Waals surface area contributed by atoms with Crippen molar-refractivity contribution in [1.29, 1.82) is 0 Å². The molecule has 0 spiro atoms. The molecule has 9 heteroatoms. The van der Waals surface area contributed by atoms with Gasteiger partial charge in [0.25, 0.3) is 0 Å². The molecule has 0 saturated carbocycles. The molecule has 0 bridgehead atoms. The Kier molecular flexibility index (Phi) is 5.81. The summed E-state index contributed by atoms with van der Waals surface area (Å²) in [6, 6.07) is 8.49. The largest absolute Gasteiger partial charge is 0.573 e. The van der Waals surface area contributed by atoms with Gasteiger partial charge < -0.3 is 19.6 Å². The van der Waals surface area contributed by atoms with Gasteiger partial charge in [0.05, 0.1) is 6.61 Å². The van der Waals surface area contributed by atoms with Crippen molar-refractivity contribution in [3.63, 3.8) is 0 Å². The number of hydrogen-bond acceptors (Lipinski definition) is 4. The number of Topliss-reactive ketones (excluding diaryl/α,β-unsaturated/α-hetero) is 1. The van der Waals surface area contributed by atoms with E-state index in [1.807, 2.05) is 0 Å².